The van der Waals surface area contributed by atoms with Crippen LogP contribution in [0, 0.1) is 5.92 Å². The molecule has 2 atom stereocenters. The lowest BCUT2D eigenvalue weighted by Crippen LogP contribution is -2.31. The molecule has 1 aliphatic carbocycles. The Kier molecular flexibility index (Phi) is 4.05. The zero-order valence-corrected chi connectivity index (χ0v) is 11.5. The van der Waals surface area contributed by atoms with E-state index in [2.05, 4.69) is 0 Å². The van der Waals surface area contributed by atoms with Crippen LogP contribution in [0.25, 0.3) is 6.08 Å². The summed E-state index contributed by atoms with van der Waals surface area (Å²) in [6.45, 7) is 0. The molecule has 0 amide bonds. The van der Waals surface area contributed by atoms with Crippen LogP contribution in [0.15, 0.2) is 36.4 Å². The molecule has 0 aromatic heterocycles. The number of hydrogen-bond acceptors (Lipinski definition) is 3. The fourth-order valence-electron chi connectivity index (χ4n) is 3.13. The largest absolute Gasteiger partial charge is 0.509 e. The third-order valence-corrected chi connectivity index (χ3v) is 4.18. The second-order valence-corrected chi connectivity index (χ2v) is 5.58. The van der Waals surface area contributed by atoms with Gasteiger partial charge in [-0.25, -0.2) is 4.79 Å². The molecular weight excluding hydrogens is 252 g/mol. The molecule has 3 heteroatoms. The second kappa shape index (κ2) is 6.12. The minimum Gasteiger partial charge on any atom is -0.426 e. The topological polar surface area (TPSA) is 35.5 Å². The van der Waals surface area contributed by atoms with E-state index in [0.29, 0.717) is 5.92 Å². The Hall–Kier alpha value is -1.77. The maximum absolute atomic E-state index is 11.4. The molecule has 2 aliphatic rings. The van der Waals surface area contributed by atoms with Crippen molar-refractivity contribution in [2.45, 2.75) is 44.3 Å². The molecule has 0 bridgehead atoms. The van der Waals surface area contributed by atoms with E-state index in [4.69, 9.17) is 9.47 Å². The van der Waals surface area contributed by atoms with Gasteiger partial charge in [-0.1, -0.05) is 55.7 Å². The van der Waals surface area contributed by atoms with Gasteiger partial charge in [0.05, 0.1) is 0 Å². The average Bonchev–Trinajstić information content (AvgIpc) is 2.88. The highest BCUT2D eigenvalue weighted by Gasteiger charge is 2.40. The molecular formula is C17H20O3. The monoisotopic (exact) mass is 272 g/mol. The van der Waals surface area contributed by atoms with Crippen LogP contribution in [0.4, 0.5) is 4.79 Å². The molecule has 1 saturated carbocycles. The summed E-state index contributed by atoms with van der Waals surface area (Å²) in [4.78, 5) is 11.4. The Morgan fingerprint density at radius 2 is 1.75 bits per heavy atom. The Morgan fingerprint density at radius 1 is 1.00 bits per heavy atom. The van der Waals surface area contributed by atoms with E-state index in [1.54, 1.807) is 0 Å². The van der Waals surface area contributed by atoms with Crippen LogP contribution in [0.3, 0.4) is 0 Å². The van der Waals surface area contributed by atoms with E-state index in [9.17, 15) is 4.79 Å². The van der Waals surface area contributed by atoms with Crippen LogP contribution < -0.4 is 0 Å². The predicted octanol–water partition coefficient (Wildman–Crippen LogP) is 4.18. The first-order valence-corrected chi connectivity index (χ1v) is 7.43. The van der Waals surface area contributed by atoms with Gasteiger partial charge in [0.1, 0.15) is 6.10 Å². The molecule has 20 heavy (non-hydrogen) atoms. The van der Waals surface area contributed by atoms with Gasteiger partial charge in [0.25, 0.3) is 0 Å². The highest BCUT2D eigenvalue weighted by Crippen LogP contribution is 2.33. The van der Waals surface area contributed by atoms with Crippen molar-refractivity contribution in [3.63, 3.8) is 0 Å². The smallest absolute Gasteiger partial charge is 0.426 e. The Morgan fingerprint density at radius 3 is 2.50 bits per heavy atom. The average molecular weight is 272 g/mol. The molecule has 1 unspecified atom stereocenters. The summed E-state index contributed by atoms with van der Waals surface area (Å²) in [5.74, 6) is 0.445. The van der Waals surface area contributed by atoms with Crippen LogP contribution in [0.5, 0.6) is 0 Å². The van der Waals surface area contributed by atoms with Crippen molar-refractivity contribution in [3.05, 3.63) is 42.0 Å². The first-order valence-electron chi connectivity index (χ1n) is 7.43. The molecule has 1 saturated heterocycles. The number of hydrogen-bond donors (Lipinski definition) is 0. The molecule has 3 rings (SSSR count). The van der Waals surface area contributed by atoms with Gasteiger partial charge in [-0.2, -0.15) is 0 Å². The zero-order valence-electron chi connectivity index (χ0n) is 11.5. The number of carbonyl (C=O) groups excluding carboxylic acids is 1. The van der Waals surface area contributed by atoms with Crippen molar-refractivity contribution >= 4 is 12.2 Å². The number of ether oxygens (including phenoxy) is 2. The standard InChI is InChI=1S/C17H20O3/c18-17-19-15(12-11-13-7-3-1-4-8-13)16(20-17)14-9-5-2-6-10-14/h1,3-4,7-8,11-12,14-16H,2,5-6,9-10H2/b12-11+/t15?,16-/m1/s1. The summed E-state index contributed by atoms with van der Waals surface area (Å²) < 4.78 is 10.7. The lowest BCUT2D eigenvalue weighted by molar-refractivity contribution is 0.0804. The molecule has 3 nitrogen and oxygen atoms in total. The van der Waals surface area contributed by atoms with Crippen LogP contribution in [-0.4, -0.2) is 18.4 Å². The molecule has 106 valence electrons. The fourth-order valence-corrected chi connectivity index (χ4v) is 3.13. The van der Waals surface area contributed by atoms with E-state index >= 15 is 0 Å². The molecule has 2 fully saturated rings. The highest BCUT2D eigenvalue weighted by atomic mass is 16.8. The summed E-state index contributed by atoms with van der Waals surface area (Å²) in [7, 11) is 0. The fraction of sp³-hybridized carbons (Fsp3) is 0.471. The summed E-state index contributed by atoms with van der Waals surface area (Å²) in [6.07, 6.45) is 9.11. The van der Waals surface area contributed by atoms with E-state index in [-0.39, 0.29) is 12.2 Å². The van der Waals surface area contributed by atoms with Gasteiger partial charge in [-0.3, -0.25) is 0 Å². The van der Waals surface area contributed by atoms with Gasteiger partial charge in [-0.05, 0) is 24.5 Å². The van der Waals surface area contributed by atoms with E-state index in [1.807, 2.05) is 42.5 Å². The summed E-state index contributed by atoms with van der Waals surface area (Å²) in [5, 5.41) is 0. The normalized spacial score (nSPS) is 27.5. The third-order valence-electron chi connectivity index (χ3n) is 4.18. The van der Waals surface area contributed by atoms with Gasteiger partial charge in [0.15, 0.2) is 6.10 Å². The van der Waals surface area contributed by atoms with Crippen LogP contribution >= 0.6 is 0 Å². The van der Waals surface area contributed by atoms with Gasteiger partial charge in [-0.15, -0.1) is 0 Å². The molecule has 0 N–H and O–H groups in total. The van der Waals surface area contributed by atoms with Gasteiger partial charge in [0, 0.05) is 5.92 Å². The maximum atomic E-state index is 11.4. The van der Waals surface area contributed by atoms with Crippen LogP contribution in [0.1, 0.15) is 37.7 Å². The Balaban J connectivity index is 1.70. The Bertz CT molecular complexity index is 474. The van der Waals surface area contributed by atoms with E-state index in [1.165, 1.54) is 19.3 Å². The van der Waals surface area contributed by atoms with Crippen molar-refractivity contribution < 1.29 is 14.3 Å². The first-order chi connectivity index (χ1) is 9.83. The molecule has 1 aromatic rings. The van der Waals surface area contributed by atoms with Gasteiger partial charge >= 0.3 is 6.16 Å². The quantitative estimate of drug-likeness (QED) is 0.774. The van der Waals surface area contributed by atoms with Gasteiger partial charge < -0.3 is 9.47 Å². The number of cyclic esters (lactones) is 2. The minimum atomic E-state index is -0.525. The minimum absolute atomic E-state index is 0.109. The summed E-state index contributed by atoms with van der Waals surface area (Å²) in [6, 6.07) is 10.0. The predicted molar refractivity (Wildman–Crippen MR) is 77.2 cm³/mol. The van der Waals surface area contributed by atoms with Crippen LogP contribution in [0.2, 0.25) is 0 Å². The molecule has 0 radical (unpaired) electrons. The summed E-state index contributed by atoms with van der Waals surface area (Å²) >= 11 is 0. The Labute approximate surface area is 119 Å². The van der Waals surface area contributed by atoms with Crippen molar-refractivity contribution in [2.75, 3.05) is 0 Å². The number of benzene rings is 1. The highest BCUT2D eigenvalue weighted by molar-refractivity contribution is 5.64. The van der Waals surface area contributed by atoms with E-state index in [0.717, 1.165) is 18.4 Å². The van der Waals surface area contributed by atoms with Gasteiger partial charge in [0.2, 0.25) is 0 Å². The lowest BCUT2D eigenvalue weighted by Gasteiger charge is -2.27. The maximum Gasteiger partial charge on any atom is 0.509 e. The van der Waals surface area contributed by atoms with E-state index < -0.39 is 6.16 Å². The first kappa shape index (κ1) is 13.2. The molecule has 1 heterocycles. The number of carbonyl (C=O) groups is 1. The summed E-state index contributed by atoms with van der Waals surface area (Å²) in [5.41, 5.74) is 1.11. The molecule has 1 aromatic carbocycles. The molecule has 0 spiro atoms. The number of rotatable bonds is 3. The third kappa shape index (κ3) is 3.03. The SMILES string of the molecule is O=C1OC(/C=C/c2ccccc2)[C@@H](C2CCCCC2)O1. The van der Waals surface area contributed by atoms with Crippen molar-refractivity contribution in [2.24, 2.45) is 5.92 Å². The van der Waals surface area contributed by atoms with Crippen molar-refractivity contribution in [1.29, 1.82) is 0 Å². The lowest BCUT2D eigenvalue weighted by atomic mass is 9.83. The second-order valence-electron chi connectivity index (χ2n) is 5.58. The molecule has 1 aliphatic heterocycles. The zero-order chi connectivity index (χ0) is 13.8. The van der Waals surface area contributed by atoms with Crippen molar-refractivity contribution in [3.8, 4) is 0 Å². The van der Waals surface area contributed by atoms with Crippen molar-refractivity contribution in [1.82, 2.24) is 0 Å². The van der Waals surface area contributed by atoms with Crippen LogP contribution in [-0.2, 0) is 9.47 Å².